The third-order valence-corrected chi connectivity index (χ3v) is 13.3. The lowest BCUT2D eigenvalue weighted by atomic mass is 9.56. The molecule has 3 unspecified atom stereocenters. The number of rotatable bonds is 5. The van der Waals surface area contributed by atoms with Crippen molar-refractivity contribution in [2.45, 2.75) is 139 Å². The van der Waals surface area contributed by atoms with Crippen molar-refractivity contribution < 1.29 is 5.11 Å². The van der Waals surface area contributed by atoms with Crippen molar-refractivity contribution in [2.75, 3.05) is 20.1 Å². The van der Waals surface area contributed by atoms with Crippen LogP contribution in [0.4, 0.5) is 0 Å². The third-order valence-electron chi connectivity index (χ3n) is 13.3. The summed E-state index contributed by atoms with van der Waals surface area (Å²) in [5, 5.41) is 14.6. The van der Waals surface area contributed by atoms with Crippen LogP contribution in [0.1, 0.15) is 108 Å². The van der Waals surface area contributed by atoms with E-state index in [1.54, 1.807) is 0 Å². The second-order valence-electron chi connectivity index (χ2n) is 15.3. The van der Waals surface area contributed by atoms with Crippen LogP contribution in [-0.2, 0) is 11.8 Å². The first-order chi connectivity index (χ1) is 18.9. The second-order valence-corrected chi connectivity index (χ2v) is 15.3. The van der Waals surface area contributed by atoms with Crippen LogP contribution in [0.15, 0.2) is 18.2 Å². The summed E-state index contributed by atoms with van der Waals surface area (Å²) in [7, 11) is 2.32. The Bertz CT molecular complexity index is 1010. The van der Waals surface area contributed by atoms with Crippen LogP contribution in [-0.4, -0.2) is 65.3 Å². The first kappa shape index (κ1) is 26.8. The lowest BCUT2D eigenvalue weighted by Crippen LogP contribution is -2.63. The molecule has 10 atom stereocenters. The highest BCUT2D eigenvalue weighted by molar-refractivity contribution is 5.44. The molecule has 7 rings (SSSR count). The van der Waals surface area contributed by atoms with Crippen LogP contribution in [0.3, 0.4) is 0 Å². The number of benzene rings is 1. The van der Waals surface area contributed by atoms with Crippen LogP contribution in [0.2, 0.25) is 0 Å². The van der Waals surface area contributed by atoms with Crippen LogP contribution in [0.25, 0.3) is 0 Å². The molecule has 3 aliphatic heterocycles. The zero-order valence-electron chi connectivity index (χ0n) is 25.1. The molecule has 39 heavy (non-hydrogen) atoms. The van der Waals surface area contributed by atoms with Gasteiger partial charge in [0.2, 0.25) is 0 Å². The van der Waals surface area contributed by atoms with Gasteiger partial charge in [0.1, 0.15) is 5.75 Å². The van der Waals surface area contributed by atoms with E-state index in [1.807, 2.05) is 6.07 Å². The summed E-state index contributed by atoms with van der Waals surface area (Å²) in [4.78, 5) is 5.73. The van der Waals surface area contributed by atoms with E-state index >= 15 is 0 Å². The molecule has 0 amide bonds. The Labute approximate surface area is 238 Å². The number of nitrogens with zero attached hydrogens (tertiary/aromatic N) is 2. The zero-order valence-corrected chi connectivity index (χ0v) is 25.1. The number of fused-ring (bicyclic) bond motifs is 8. The predicted octanol–water partition coefficient (Wildman–Crippen LogP) is 6.50. The fraction of sp³-hybridized carbons (Fsp3) is 0.829. The van der Waals surface area contributed by atoms with Gasteiger partial charge in [-0.2, -0.15) is 0 Å². The predicted molar refractivity (Wildman–Crippen MR) is 160 cm³/mol. The quantitative estimate of drug-likeness (QED) is 0.453. The van der Waals surface area contributed by atoms with Gasteiger partial charge >= 0.3 is 0 Å². The molecule has 3 heterocycles. The highest BCUT2D eigenvalue weighted by atomic mass is 16.3. The number of phenols is 1. The molecule has 3 aliphatic carbocycles. The summed E-state index contributed by atoms with van der Waals surface area (Å²) in [6.07, 6.45) is 19.6. The first-order valence-corrected chi connectivity index (χ1v) is 16.9. The molecule has 4 heteroatoms. The molecule has 216 valence electrons. The highest BCUT2D eigenvalue weighted by Gasteiger charge is 2.51. The number of likely N-dealkylation sites (N-methyl/N-ethyl adjacent to an activating group) is 1. The molecule has 4 nitrogen and oxygen atoms in total. The number of aromatic hydroxyl groups is 1. The molecule has 1 aromatic carbocycles. The van der Waals surface area contributed by atoms with Crippen molar-refractivity contribution in [3.8, 4) is 5.75 Å². The fourth-order valence-corrected chi connectivity index (χ4v) is 11.2. The first-order valence-electron chi connectivity index (χ1n) is 16.9. The fourth-order valence-electron chi connectivity index (χ4n) is 11.2. The third kappa shape index (κ3) is 4.79. The second kappa shape index (κ2) is 10.6. The van der Waals surface area contributed by atoms with Gasteiger partial charge in [0, 0.05) is 35.6 Å². The van der Waals surface area contributed by atoms with Crippen LogP contribution in [0, 0.1) is 23.7 Å². The minimum absolute atomic E-state index is 0.193. The summed E-state index contributed by atoms with van der Waals surface area (Å²) in [6.45, 7) is 7.35. The Morgan fingerprint density at radius 2 is 1.72 bits per heavy atom. The van der Waals surface area contributed by atoms with Gasteiger partial charge in [-0.25, -0.2) is 0 Å². The standard InChI is InChI=1S/C35H55N3O/c1-23-8-10-29-20-28(21-33(23)38(29)30-17-25-6-4-5-7-26(16-25)18-30)36-14-12-35-13-15-37(3)34(24(35)2)19-27-9-11-31(39)22-32(27)35/h9,11,22-26,28-30,33-34,36,39H,4-8,10,12-21H2,1-3H3/t23?,24-,25-,26+,28-,29+,30?,33?,34+,35-/m0/s1. The molecule has 2 N–H and O–H groups in total. The SMILES string of the molecule is CC1CC[C@@H]2C[C@H](NCC[C@@]34CCN(C)[C@H](Cc5ccc(O)cc53)[C@@H]4C)CC1N2C1C[C@H]2CCCC[C@@H](C1)C2. The van der Waals surface area contributed by atoms with Gasteiger partial charge in [0.15, 0.2) is 0 Å². The van der Waals surface area contributed by atoms with Crippen LogP contribution in [0.5, 0.6) is 5.75 Å². The summed E-state index contributed by atoms with van der Waals surface area (Å²) in [6, 6.07) is 10.0. The molecule has 1 aromatic rings. The zero-order chi connectivity index (χ0) is 26.7. The van der Waals surface area contributed by atoms with Crippen molar-refractivity contribution in [3.63, 3.8) is 0 Å². The Morgan fingerprint density at radius 3 is 2.51 bits per heavy atom. The molecular weight excluding hydrogens is 478 g/mol. The minimum Gasteiger partial charge on any atom is -0.508 e. The number of likely N-dealkylation sites (tertiary alicyclic amines) is 1. The molecule has 5 fully saturated rings. The summed E-state index contributed by atoms with van der Waals surface area (Å²) >= 11 is 0. The van der Waals surface area contributed by atoms with E-state index in [9.17, 15) is 5.11 Å². The summed E-state index contributed by atoms with van der Waals surface area (Å²) in [5.74, 6) is 3.95. The molecular formula is C35H55N3O. The monoisotopic (exact) mass is 533 g/mol. The highest BCUT2D eigenvalue weighted by Crippen LogP contribution is 2.51. The molecule has 0 aromatic heterocycles. The van der Waals surface area contributed by atoms with E-state index in [1.165, 1.54) is 101 Å². The lowest BCUT2D eigenvalue weighted by molar-refractivity contribution is -0.0597. The normalized spacial score (nSPS) is 44.4. The van der Waals surface area contributed by atoms with Crippen molar-refractivity contribution in [3.05, 3.63) is 29.3 Å². The van der Waals surface area contributed by atoms with Gasteiger partial charge in [-0.15, -0.1) is 0 Å². The van der Waals surface area contributed by atoms with Crippen molar-refractivity contribution in [1.82, 2.24) is 15.1 Å². The summed E-state index contributed by atoms with van der Waals surface area (Å²) < 4.78 is 0. The van der Waals surface area contributed by atoms with Gasteiger partial charge in [0.25, 0.3) is 0 Å². The largest absolute Gasteiger partial charge is 0.508 e. The summed E-state index contributed by atoms with van der Waals surface area (Å²) in [5.41, 5.74) is 3.13. The number of phenolic OH excluding ortho intramolecular Hbond substituents is 1. The molecule has 6 bridgehead atoms. The number of hydrogen-bond acceptors (Lipinski definition) is 4. The number of nitrogens with one attached hydrogen (secondary N) is 1. The maximum absolute atomic E-state index is 10.5. The average molecular weight is 534 g/mol. The average Bonchev–Trinajstić information content (AvgIpc) is 3.09. The van der Waals surface area contributed by atoms with E-state index in [-0.39, 0.29) is 5.41 Å². The number of hydrogen-bond donors (Lipinski definition) is 2. The maximum atomic E-state index is 10.5. The van der Waals surface area contributed by atoms with E-state index < -0.39 is 0 Å². The van der Waals surface area contributed by atoms with Gasteiger partial charge in [-0.1, -0.05) is 45.6 Å². The van der Waals surface area contributed by atoms with Crippen molar-refractivity contribution in [1.29, 1.82) is 0 Å². The topological polar surface area (TPSA) is 38.7 Å². The van der Waals surface area contributed by atoms with E-state index in [4.69, 9.17) is 0 Å². The molecule has 3 saturated heterocycles. The Morgan fingerprint density at radius 1 is 0.923 bits per heavy atom. The lowest BCUT2D eigenvalue weighted by Gasteiger charge is -2.57. The molecule has 6 aliphatic rings. The Kier molecular flexibility index (Phi) is 7.30. The van der Waals surface area contributed by atoms with E-state index in [0.29, 0.717) is 23.8 Å². The molecule has 0 radical (unpaired) electrons. The van der Waals surface area contributed by atoms with Crippen LogP contribution >= 0.6 is 0 Å². The van der Waals surface area contributed by atoms with Crippen molar-refractivity contribution >= 4 is 0 Å². The van der Waals surface area contributed by atoms with Crippen molar-refractivity contribution in [2.24, 2.45) is 23.7 Å². The van der Waals surface area contributed by atoms with Crippen LogP contribution < -0.4 is 5.32 Å². The minimum atomic E-state index is 0.193. The van der Waals surface area contributed by atoms with Gasteiger partial charge < -0.3 is 15.3 Å². The van der Waals surface area contributed by atoms with E-state index in [2.05, 4.69) is 48.1 Å². The smallest absolute Gasteiger partial charge is 0.115 e. The number of piperidine rings is 3. The maximum Gasteiger partial charge on any atom is 0.115 e. The Balaban J connectivity index is 1.04. The van der Waals surface area contributed by atoms with E-state index in [0.717, 1.165) is 48.8 Å². The molecule has 0 spiro atoms. The van der Waals surface area contributed by atoms with Gasteiger partial charge in [-0.05, 0) is 131 Å². The van der Waals surface area contributed by atoms with Gasteiger partial charge in [-0.3, -0.25) is 4.90 Å². The van der Waals surface area contributed by atoms with Gasteiger partial charge in [0.05, 0.1) is 0 Å². The molecule has 2 saturated carbocycles. The Hall–Kier alpha value is -1.10.